The number of hydrogen-bond donors (Lipinski definition) is 1. The van der Waals surface area contributed by atoms with Crippen LogP contribution in [-0.2, 0) is 9.53 Å². The van der Waals surface area contributed by atoms with Crippen LogP contribution in [0.1, 0.15) is 39.5 Å². The van der Waals surface area contributed by atoms with Gasteiger partial charge in [-0.2, -0.15) is 0 Å². The van der Waals surface area contributed by atoms with E-state index in [9.17, 15) is 9.59 Å². The Morgan fingerprint density at radius 3 is 2.75 bits per heavy atom. The fourth-order valence-electron chi connectivity index (χ4n) is 1.92. The van der Waals surface area contributed by atoms with Crippen LogP contribution < -0.4 is 0 Å². The van der Waals surface area contributed by atoms with Gasteiger partial charge in [0, 0.05) is 5.41 Å². The lowest BCUT2D eigenvalue weighted by Gasteiger charge is -2.28. The molecule has 1 aliphatic carbocycles. The van der Waals surface area contributed by atoms with Gasteiger partial charge >= 0.3 is 5.30 Å². The standard InChI is InChI=1S/C12H18O3S/c1-9(13)12(2)7-3-5-10(6-4-8-12)15-11(14)16/h3,5,10H,4,6-8H2,1-2H3,(H,14,16)/b5-3+/t10-,12+/m1/s1. The molecule has 0 spiro atoms. The number of carbonyl (C=O) groups is 2. The summed E-state index contributed by atoms with van der Waals surface area (Å²) in [5.41, 5.74) is -0.257. The van der Waals surface area contributed by atoms with E-state index in [2.05, 4.69) is 12.6 Å². The number of Topliss-reactive ketones (excluding diaryl/α,β-unsaturated/α-hetero) is 1. The van der Waals surface area contributed by atoms with E-state index in [1.54, 1.807) is 6.92 Å². The molecule has 0 unspecified atom stereocenters. The average molecular weight is 242 g/mol. The van der Waals surface area contributed by atoms with Gasteiger partial charge in [0.1, 0.15) is 11.9 Å². The Hall–Kier alpha value is -0.770. The van der Waals surface area contributed by atoms with Crippen LogP contribution >= 0.6 is 12.6 Å². The number of carbonyl (C=O) groups excluding carboxylic acids is 2. The molecule has 0 aromatic heterocycles. The SMILES string of the molecule is CC(=O)[C@@]1(C)C/C=C/[C@@H](OC(=O)S)CCC1. The number of thiol groups is 1. The lowest BCUT2D eigenvalue weighted by molar-refractivity contribution is -0.126. The summed E-state index contributed by atoms with van der Waals surface area (Å²) in [6.07, 6.45) is 6.78. The average Bonchev–Trinajstić information content (AvgIpc) is 2.13. The molecule has 0 bridgehead atoms. The first-order chi connectivity index (χ1) is 7.44. The Morgan fingerprint density at radius 2 is 2.19 bits per heavy atom. The van der Waals surface area contributed by atoms with Gasteiger partial charge in [-0.3, -0.25) is 4.79 Å². The monoisotopic (exact) mass is 242 g/mol. The first kappa shape index (κ1) is 13.3. The molecule has 0 heterocycles. The number of rotatable bonds is 2. The lowest BCUT2D eigenvalue weighted by Crippen LogP contribution is -2.27. The van der Waals surface area contributed by atoms with Crippen LogP contribution in [0.15, 0.2) is 12.2 Å². The van der Waals surface area contributed by atoms with Crippen molar-refractivity contribution in [2.24, 2.45) is 5.41 Å². The molecule has 16 heavy (non-hydrogen) atoms. The van der Waals surface area contributed by atoms with Gasteiger partial charge in [-0.1, -0.05) is 25.6 Å². The van der Waals surface area contributed by atoms with Crippen molar-refractivity contribution >= 4 is 23.7 Å². The van der Waals surface area contributed by atoms with Crippen molar-refractivity contribution in [3.05, 3.63) is 12.2 Å². The molecule has 0 fully saturated rings. The molecule has 0 radical (unpaired) electrons. The Labute approximate surface area is 102 Å². The molecule has 1 rings (SSSR count). The van der Waals surface area contributed by atoms with E-state index in [-0.39, 0.29) is 17.3 Å². The Kier molecular flexibility index (Phi) is 4.59. The van der Waals surface area contributed by atoms with Gasteiger partial charge in [0.2, 0.25) is 0 Å². The van der Waals surface area contributed by atoms with E-state index in [1.807, 2.05) is 19.1 Å². The molecule has 0 N–H and O–H groups in total. The second-order valence-electron chi connectivity index (χ2n) is 4.56. The van der Waals surface area contributed by atoms with E-state index in [0.717, 1.165) is 19.3 Å². The molecular weight excluding hydrogens is 224 g/mol. The highest BCUT2D eigenvalue weighted by atomic mass is 32.1. The minimum atomic E-state index is -0.551. The summed E-state index contributed by atoms with van der Waals surface area (Å²) in [4.78, 5) is 22.2. The van der Waals surface area contributed by atoms with Crippen molar-refractivity contribution in [2.75, 3.05) is 0 Å². The van der Waals surface area contributed by atoms with Gasteiger partial charge < -0.3 is 4.74 Å². The molecule has 4 heteroatoms. The minimum absolute atomic E-state index is 0.193. The Morgan fingerprint density at radius 1 is 1.50 bits per heavy atom. The molecule has 3 nitrogen and oxygen atoms in total. The maximum Gasteiger partial charge on any atom is 0.364 e. The number of ether oxygens (including phenoxy) is 1. The van der Waals surface area contributed by atoms with Crippen LogP contribution in [0.2, 0.25) is 0 Å². The molecule has 0 saturated carbocycles. The zero-order valence-electron chi connectivity index (χ0n) is 9.73. The smallest absolute Gasteiger partial charge is 0.364 e. The molecule has 0 aliphatic heterocycles. The van der Waals surface area contributed by atoms with Gasteiger partial charge in [0.15, 0.2) is 0 Å². The van der Waals surface area contributed by atoms with E-state index in [0.29, 0.717) is 6.42 Å². The summed E-state index contributed by atoms with van der Waals surface area (Å²) in [6.45, 7) is 3.63. The largest absolute Gasteiger partial charge is 0.450 e. The van der Waals surface area contributed by atoms with Crippen LogP contribution in [0, 0.1) is 5.41 Å². The van der Waals surface area contributed by atoms with Crippen molar-refractivity contribution in [1.29, 1.82) is 0 Å². The van der Waals surface area contributed by atoms with E-state index in [4.69, 9.17) is 4.74 Å². The van der Waals surface area contributed by atoms with E-state index < -0.39 is 5.30 Å². The first-order valence-corrected chi connectivity index (χ1v) is 5.96. The number of ketones is 1. The summed E-state index contributed by atoms with van der Waals surface area (Å²) in [6, 6.07) is 0. The highest BCUT2D eigenvalue weighted by molar-refractivity contribution is 7.96. The summed E-state index contributed by atoms with van der Waals surface area (Å²) in [5, 5.41) is -0.551. The quantitative estimate of drug-likeness (QED) is 0.459. The van der Waals surface area contributed by atoms with Crippen molar-refractivity contribution in [1.82, 2.24) is 0 Å². The third-order valence-electron chi connectivity index (χ3n) is 3.24. The van der Waals surface area contributed by atoms with Gasteiger partial charge in [-0.15, -0.1) is 0 Å². The van der Waals surface area contributed by atoms with Gasteiger partial charge in [-0.25, -0.2) is 4.79 Å². The molecule has 0 aromatic rings. The summed E-state index contributed by atoms with van der Waals surface area (Å²) < 4.78 is 5.01. The maximum atomic E-state index is 11.5. The molecule has 0 aromatic carbocycles. The molecule has 0 amide bonds. The highest BCUT2D eigenvalue weighted by Crippen LogP contribution is 2.32. The van der Waals surface area contributed by atoms with E-state index >= 15 is 0 Å². The van der Waals surface area contributed by atoms with Gasteiger partial charge in [-0.05, 0) is 38.7 Å². The lowest BCUT2D eigenvalue weighted by atomic mass is 9.77. The van der Waals surface area contributed by atoms with Gasteiger partial charge in [0.05, 0.1) is 0 Å². The second kappa shape index (κ2) is 5.53. The molecular formula is C12H18O3S. The Bertz CT molecular complexity index is 311. The number of allylic oxidation sites excluding steroid dienone is 1. The maximum absolute atomic E-state index is 11.5. The zero-order chi connectivity index (χ0) is 12.2. The predicted molar refractivity (Wildman–Crippen MR) is 65.7 cm³/mol. The second-order valence-corrected chi connectivity index (χ2v) is 4.93. The summed E-state index contributed by atoms with van der Waals surface area (Å²) in [5.74, 6) is 0.224. The number of hydrogen-bond acceptors (Lipinski definition) is 3. The first-order valence-electron chi connectivity index (χ1n) is 5.51. The van der Waals surface area contributed by atoms with Gasteiger partial charge in [0.25, 0.3) is 0 Å². The molecule has 1 aliphatic rings. The van der Waals surface area contributed by atoms with Crippen LogP contribution in [-0.4, -0.2) is 17.2 Å². The van der Waals surface area contributed by atoms with Crippen molar-refractivity contribution < 1.29 is 14.3 Å². The predicted octanol–water partition coefficient (Wildman–Crippen LogP) is 3.15. The van der Waals surface area contributed by atoms with Crippen LogP contribution in [0.4, 0.5) is 4.79 Å². The van der Waals surface area contributed by atoms with Crippen molar-refractivity contribution in [3.8, 4) is 0 Å². The fourth-order valence-corrected chi connectivity index (χ4v) is 2.05. The van der Waals surface area contributed by atoms with E-state index in [1.165, 1.54) is 0 Å². The van der Waals surface area contributed by atoms with Crippen molar-refractivity contribution in [3.63, 3.8) is 0 Å². The summed E-state index contributed by atoms with van der Waals surface area (Å²) in [7, 11) is 0. The third-order valence-corrected chi connectivity index (χ3v) is 3.34. The van der Waals surface area contributed by atoms with Crippen LogP contribution in [0.5, 0.6) is 0 Å². The molecule has 0 saturated heterocycles. The zero-order valence-corrected chi connectivity index (χ0v) is 10.6. The minimum Gasteiger partial charge on any atom is -0.450 e. The highest BCUT2D eigenvalue weighted by Gasteiger charge is 2.29. The third kappa shape index (κ3) is 3.67. The topological polar surface area (TPSA) is 43.4 Å². The normalized spacial score (nSPS) is 32.3. The Balaban J connectivity index is 2.64. The van der Waals surface area contributed by atoms with Crippen LogP contribution in [0.25, 0.3) is 0 Å². The molecule has 2 atom stereocenters. The fraction of sp³-hybridized carbons (Fsp3) is 0.667. The van der Waals surface area contributed by atoms with Crippen molar-refractivity contribution in [2.45, 2.75) is 45.6 Å². The summed E-state index contributed by atoms with van der Waals surface area (Å²) >= 11 is 3.59. The van der Waals surface area contributed by atoms with Crippen LogP contribution in [0.3, 0.4) is 0 Å². The molecule has 90 valence electrons.